The van der Waals surface area contributed by atoms with Gasteiger partial charge in [-0.25, -0.2) is 14.6 Å². The van der Waals surface area contributed by atoms with Crippen molar-refractivity contribution in [2.75, 3.05) is 20.8 Å². The van der Waals surface area contributed by atoms with Crippen LogP contribution in [0, 0.1) is 0 Å². The number of halogens is 1. The van der Waals surface area contributed by atoms with Gasteiger partial charge in [-0.05, 0) is 71.2 Å². The zero-order chi connectivity index (χ0) is 26.0. The Bertz CT molecular complexity index is 1550. The average molecular weight is 571 g/mol. The van der Waals surface area contributed by atoms with Crippen molar-refractivity contribution in [3.63, 3.8) is 0 Å². The van der Waals surface area contributed by atoms with Crippen molar-refractivity contribution in [1.82, 2.24) is 4.57 Å². The Labute approximate surface area is 219 Å². The molecule has 0 N–H and O–H groups in total. The van der Waals surface area contributed by atoms with Crippen molar-refractivity contribution in [3.05, 3.63) is 94.6 Å². The van der Waals surface area contributed by atoms with Crippen LogP contribution in [0.2, 0.25) is 0 Å². The molecule has 3 aromatic rings. The highest BCUT2D eigenvalue weighted by molar-refractivity contribution is 9.10. The number of methoxy groups -OCH3 is 2. The topological polar surface area (TPSA) is 96.2 Å². The van der Waals surface area contributed by atoms with Crippen LogP contribution in [0.4, 0.5) is 0 Å². The van der Waals surface area contributed by atoms with E-state index in [9.17, 15) is 14.4 Å². The van der Waals surface area contributed by atoms with E-state index in [-0.39, 0.29) is 12.2 Å². The highest BCUT2D eigenvalue weighted by Gasteiger charge is 2.33. The highest BCUT2D eigenvalue weighted by Crippen LogP contribution is 2.35. The van der Waals surface area contributed by atoms with Crippen molar-refractivity contribution in [2.24, 2.45) is 4.99 Å². The number of thiazole rings is 1. The van der Waals surface area contributed by atoms with Crippen LogP contribution in [0.5, 0.6) is 5.75 Å². The molecular formula is C26H23BrN2O6S. The van der Waals surface area contributed by atoms with Gasteiger partial charge >= 0.3 is 11.9 Å². The van der Waals surface area contributed by atoms with Crippen LogP contribution < -0.4 is 19.6 Å². The largest absolute Gasteiger partial charge is 0.496 e. The number of fused-ring (bicyclic) bond motifs is 1. The number of aromatic nitrogens is 1. The second-order valence-electron chi connectivity index (χ2n) is 7.81. The van der Waals surface area contributed by atoms with E-state index in [1.165, 1.54) is 23.0 Å². The lowest BCUT2D eigenvalue weighted by molar-refractivity contribution is -0.139. The molecule has 186 valence electrons. The molecule has 0 fully saturated rings. The monoisotopic (exact) mass is 570 g/mol. The Morgan fingerprint density at radius 2 is 1.86 bits per heavy atom. The number of hydrogen-bond donors (Lipinski definition) is 0. The molecule has 0 radical (unpaired) electrons. The van der Waals surface area contributed by atoms with Gasteiger partial charge in [0.25, 0.3) is 5.56 Å². The maximum atomic E-state index is 13.7. The second-order valence-corrected chi connectivity index (χ2v) is 9.67. The van der Waals surface area contributed by atoms with Crippen LogP contribution >= 0.6 is 27.3 Å². The van der Waals surface area contributed by atoms with Crippen LogP contribution in [0.3, 0.4) is 0 Å². The molecule has 0 amide bonds. The summed E-state index contributed by atoms with van der Waals surface area (Å²) in [6.07, 6.45) is 1.73. The summed E-state index contributed by atoms with van der Waals surface area (Å²) in [6, 6.07) is 11.4. The minimum absolute atomic E-state index is 0.195. The van der Waals surface area contributed by atoms with Crippen LogP contribution in [-0.4, -0.2) is 37.3 Å². The normalized spacial score (nSPS) is 15.2. The predicted octanol–water partition coefficient (Wildman–Crippen LogP) is 3.36. The summed E-state index contributed by atoms with van der Waals surface area (Å²) < 4.78 is 18.1. The van der Waals surface area contributed by atoms with Crippen LogP contribution in [0.25, 0.3) is 6.08 Å². The van der Waals surface area contributed by atoms with E-state index in [0.717, 1.165) is 5.56 Å². The molecule has 1 aliphatic rings. The van der Waals surface area contributed by atoms with Gasteiger partial charge in [-0.15, -0.1) is 0 Å². The van der Waals surface area contributed by atoms with Gasteiger partial charge in [-0.2, -0.15) is 0 Å². The van der Waals surface area contributed by atoms with E-state index >= 15 is 0 Å². The summed E-state index contributed by atoms with van der Waals surface area (Å²) in [5.74, 6) is -0.336. The first kappa shape index (κ1) is 25.6. The minimum atomic E-state index is -0.730. The smallest absolute Gasteiger partial charge is 0.338 e. The van der Waals surface area contributed by atoms with E-state index in [4.69, 9.17) is 14.2 Å². The summed E-state index contributed by atoms with van der Waals surface area (Å²) in [5, 5.41) is 0. The number of ether oxygens (including phenoxy) is 3. The van der Waals surface area contributed by atoms with Gasteiger partial charge in [0, 0.05) is 0 Å². The zero-order valence-corrected chi connectivity index (χ0v) is 22.4. The third-order valence-electron chi connectivity index (χ3n) is 5.64. The lowest BCUT2D eigenvalue weighted by Crippen LogP contribution is -2.39. The fourth-order valence-electron chi connectivity index (χ4n) is 3.94. The van der Waals surface area contributed by atoms with Gasteiger partial charge in [-0.1, -0.05) is 29.5 Å². The first-order valence-corrected chi connectivity index (χ1v) is 12.6. The van der Waals surface area contributed by atoms with Gasteiger partial charge in [-0.3, -0.25) is 9.36 Å². The summed E-state index contributed by atoms with van der Waals surface area (Å²) in [6.45, 7) is 3.66. The molecule has 0 saturated carbocycles. The lowest BCUT2D eigenvalue weighted by Gasteiger charge is -2.25. The molecule has 0 spiro atoms. The molecule has 4 rings (SSSR count). The van der Waals surface area contributed by atoms with Crippen LogP contribution in [-0.2, 0) is 14.3 Å². The average Bonchev–Trinajstić information content (AvgIpc) is 3.17. The summed E-state index contributed by atoms with van der Waals surface area (Å²) in [5.41, 5.74) is 2.35. The molecule has 1 aromatic heterocycles. The molecule has 0 unspecified atom stereocenters. The fraction of sp³-hybridized carbons (Fsp3) is 0.231. The van der Waals surface area contributed by atoms with Crippen molar-refractivity contribution in [3.8, 4) is 5.75 Å². The van der Waals surface area contributed by atoms with E-state index in [2.05, 4.69) is 20.9 Å². The number of allylic oxidation sites excluding steroid dienone is 1. The van der Waals surface area contributed by atoms with E-state index in [0.29, 0.717) is 42.0 Å². The number of benzene rings is 2. The van der Waals surface area contributed by atoms with Gasteiger partial charge in [0.15, 0.2) is 4.80 Å². The van der Waals surface area contributed by atoms with Crippen molar-refractivity contribution in [1.29, 1.82) is 0 Å². The third-order valence-corrected chi connectivity index (χ3v) is 7.24. The highest BCUT2D eigenvalue weighted by atomic mass is 79.9. The molecule has 2 heterocycles. The van der Waals surface area contributed by atoms with Gasteiger partial charge in [0.2, 0.25) is 0 Å². The Balaban J connectivity index is 1.89. The van der Waals surface area contributed by atoms with Crippen molar-refractivity contribution >= 4 is 45.3 Å². The standard InChI is InChI=1S/C26H23BrN2O6S/c1-5-35-25(32)21-14(2)28-26-29(22(21)17-10-11-19(33-3)18(27)13-17)23(30)20(36-26)12-15-6-8-16(9-7-15)24(31)34-4/h6-13,22H,5H2,1-4H3/b20-12-/t22-/m0/s1. The molecule has 0 aliphatic carbocycles. The van der Waals surface area contributed by atoms with Crippen LogP contribution in [0.15, 0.2) is 68.0 Å². The first-order chi connectivity index (χ1) is 17.3. The number of carbonyl (C=O) groups excluding carboxylic acids is 2. The Kier molecular flexibility index (Phi) is 7.56. The van der Waals surface area contributed by atoms with E-state index < -0.39 is 18.0 Å². The number of carbonyl (C=O) groups is 2. The third kappa shape index (κ3) is 4.78. The number of hydrogen-bond acceptors (Lipinski definition) is 8. The SMILES string of the molecule is CCOC(=O)C1=C(C)N=c2s/c(=C\c3ccc(C(=O)OC)cc3)c(=O)n2[C@H]1c1ccc(OC)c(Br)c1. The maximum Gasteiger partial charge on any atom is 0.338 e. The van der Waals surface area contributed by atoms with Crippen LogP contribution in [0.1, 0.15) is 41.4 Å². The summed E-state index contributed by atoms with van der Waals surface area (Å²) in [4.78, 5) is 43.4. The minimum Gasteiger partial charge on any atom is -0.496 e. The number of rotatable bonds is 6. The summed E-state index contributed by atoms with van der Waals surface area (Å²) >= 11 is 4.73. The van der Waals surface area contributed by atoms with Gasteiger partial charge in [0.1, 0.15) is 5.75 Å². The molecule has 1 aliphatic heterocycles. The lowest BCUT2D eigenvalue weighted by atomic mass is 9.96. The van der Waals surface area contributed by atoms with Crippen molar-refractivity contribution < 1.29 is 23.8 Å². The number of esters is 2. The van der Waals surface area contributed by atoms with Crippen molar-refractivity contribution in [2.45, 2.75) is 19.9 Å². The van der Waals surface area contributed by atoms with Gasteiger partial charge in [0.05, 0.1) is 52.7 Å². The summed E-state index contributed by atoms with van der Waals surface area (Å²) in [7, 11) is 2.88. The predicted molar refractivity (Wildman–Crippen MR) is 139 cm³/mol. The molecule has 0 bridgehead atoms. The quantitative estimate of drug-likeness (QED) is 0.422. The molecule has 1 atom stereocenters. The van der Waals surface area contributed by atoms with Gasteiger partial charge < -0.3 is 14.2 Å². The Morgan fingerprint density at radius 3 is 2.47 bits per heavy atom. The van der Waals surface area contributed by atoms with E-state index in [1.807, 2.05) is 12.1 Å². The second kappa shape index (κ2) is 10.6. The number of nitrogens with zero attached hydrogens (tertiary/aromatic N) is 2. The fourth-order valence-corrected chi connectivity index (χ4v) is 5.55. The molecule has 2 aromatic carbocycles. The zero-order valence-electron chi connectivity index (χ0n) is 20.0. The molecule has 36 heavy (non-hydrogen) atoms. The molecule has 10 heteroatoms. The molecule has 8 nitrogen and oxygen atoms in total. The first-order valence-electron chi connectivity index (χ1n) is 11.0. The maximum absolute atomic E-state index is 13.7. The molecule has 0 saturated heterocycles. The Hall–Kier alpha value is -3.50. The van der Waals surface area contributed by atoms with E-state index in [1.54, 1.807) is 57.4 Å². The Morgan fingerprint density at radius 1 is 1.14 bits per heavy atom. The molecular weight excluding hydrogens is 548 g/mol.